The van der Waals surface area contributed by atoms with E-state index < -0.39 is 23.6 Å². The summed E-state index contributed by atoms with van der Waals surface area (Å²) in [5, 5.41) is 2.78. The number of likely N-dealkylation sites (tertiary alicyclic amines) is 1. The van der Waals surface area contributed by atoms with Gasteiger partial charge in [0.25, 0.3) is 0 Å². The molecular formula is C37H59N5O5. The monoisotopic (exact) mass is 653 g/mol. The number of hydrogen-bond acceptors (Lipinski definition) is 6. The molecule has 3 aliphatic heterocycles. The van der Waals surface area contributed by atoms with E-state index in [-0.39, 0.29) is 24.2 Å². The van der Waals surface area contributed by atoms with E-state index in [9.17, 15) is 19.2 Å². The third kappa shape index (κ3) is 9.71. The van der Waals surface area contributed by atoms with E-state index in [1.807, 2.05) is 41.0 Å². The van der Waals surface area contributed by atoms with Gasteiger partial charge in [0.05, 0.1) is 12.6 Å². The molecule has 1 N–H and O–H groups in total. The summed E-state index contributed by atoms with van der Waals surface area (Å²) >= 11 is 0. The maximum atomic E-state index is 13.9. The highest BCUT2D eigenvalue weighted by molar-refractivity contribution is 6.36. The molecule has 3 heterocycles. The van der Waals surface area contributed by atoms with E-state index in [4.69, 9.17) is 4.74 Å². The Bertz CT molecular complexity index is 1220. The van der Waals surface area contributed by atoms with Gasteiger partial charge in [-0.3, -0.25) is 24.1 Å². The van der Waals surface area contributed by atoms with Crippen LogP contribution in [-0.4, -0.2) is 113 Å². The Morgan fingerprint density at radius 3 is 2.15 bits per heavy atom. The molecule has 0 aliphatic carbocycles. The minimum absolute atomic E-state index is 0.0132. The average Bonchev–Trinajstić information content (AvgIpc) is 3.44. The first-order valence-corrected chi connectivity index (χ1v) is 18.0. The molecule has 4 atom stereocenters. The summed E-state index contributed by atoms with van der Waals surface area (Å²) in [7, 11) is 0. The number of amides is 4. The van der Waals surface area contributed by atoms with Crippen LogP contribution in [0.1, 0.15) is 86.1 Å². The second-order valence-electron chi connectivity index (χ2n) is 15.1. The number of nitrogens with zero attached hydrogens (tertiary/aromatic N) is 4. The van der Waals surface area contributed by atoms with Gasteiger partial charge in [-0.25, -0.2) is 0 Å². The SMILES string of the molecule is CCOc1ccc(CCN2C(=O)C(=O)N([C@@H](CC(C)C)CN3CCC[C@H]3CN3C(=O)C(=O)NC[C@@H]3CC(C)C)C[C@@H]2CC(C)C)cc1. The highest BCUT2D eigenvalue weighted by atomic mass is 16.5. The van der Waals surface area contributed by atoms with Crippen LogP contribution in [0.5, 0.6) is 5.75 Å². The molecule has 3 fully saturated rings. The molecule has 3 aliphatic rings. The van der Waals surface area contributed by atoms with Gasteiger partial charge in [0, 0.05) is 50.8 Å². The molecule has 4 amide bonds. The van der Waals surface area contributed by atoms with Crippen molar-refractivity contribution < 1.29 is 23.9 Å². The second kappa shape index (κ2) is 16.8. The van der Waals surface area contributed by atoms with Crippen LogP contribution >= 0.6 is 0 Å². The van der Waals surface area contributed by atoms with Crippen LogP contribution in [0.4, 0.5) is 0 Å². The Morgan fingerprint density at radius 1 is 0.830 bits per heavy atom. The maximum Gasteiger partial charge on any atom is 0.312 e. The molecule has 10 nitrogen and oxygen atoms in total. The van der Waals surface area contributed by atoms with Crippen molar-refractivity contribution >= 4 is 23.6 Å². The van der Waals surface area contributed by atoms with Crippen LogP contribution in [0, 0.1) is 17.8 Å². The molecule has 0 unspecified atom stereocenters. The van der Waals surface area contributed by atoms with Gasteiger partial charge in [-0.15, -0.1) is 0 Å². The molecule has 4 rings (SSSR count). The number of rotatable bonds is 16. The van der Waals surface area contributed by atoms with Crippen molar-refractivity contribution in [2.45, 2.75) is 111 Å². The van der Waals surface area contributed by atoms with Crippen molar-refractivity contribution in [2.75, 3.05) is 45.9 Å². The fourth-order valence-electron chi connectivity index (χ4n) is 7.70. The third-order valence-corrected chi connectivity index (χ3v) is 9.85. The maximum absolute atomic E-state index is 13.9. The molecule has 0 aromatic heterocycles. The van der Waals surface area contributed by atoms with Crippen LogP contribution in [-0.2, 0) is 25.6 Å². The van der Waals surface area contributed by atoms with Gasteiger partial charge in [-0.2, -0.15) is 0 Å². The van der Waals surface area contributed by atoms with Gasteiger partial charge in [-0.05, 0) is 87.4 Å². The Morgan fingerprint density at radius 2 is 1.51 bits per heavy atom. The molecule has 47 heavy (non-hydrogen) atoms. The lowest BCUT2D eigenvalue weighted by atomic mass is 9.95. The number of ether oxygens (including phenoxy) is 1. The molecular weight excluding hydrogens is 594 g/mol. The first-order chi connectivity index (χ1) is 22.4. The predicted octanol–water partition coefficient (Wildman–Crippen LogP) is 3.97. The summed E-state index contributed by atoms with van der Waals surface area (Å²) in [5.41, 5.74) is 1.11. The lowest BCUT2D eigenvalue weighted by Gasteiger charge is -2.46. The van der Waals surface area contributed by atoms with Gasteiger partial charge in [0.2, 0.25) is 0 Å². The first-order valence-electron chi connectivity index (χ1n) is 18.0. The number of benzene rings is 1. The minimum Gasteiger partial charge on any atom is -0.494 e. The zero-order valence-electron chi connectivity index (χ0n) is 29.9. The highest BCUT2D eigenvalue weighted by Crippen LogP contribution is 2.28. The molecule has 0 spiro atoms. The van der Waals surface area contributed by atoms with Crippen LogP contribution < -0.4 is 10.1 Å². The number of hydrogen-bond donors (Lipinski definition) is 1. The van der Waals surface area contributed by atoms with E-state index in [0.717, 1.165) is 50.0 Å². The first kappa shape index (κ1) is 36.7. The van der Waals surface area contributed by atoms with Crippen molar-refractivity contribution in [1.82, 2.24) is 24.9 Å². The Labute approximate surface area is 282 Å². The van der Waals surface area contributed by atoms with Crippen molar-refractivity contribution in [3.05, 3.63) is 29.8 Å². The summed E-state index contributed by atoms with van der Waals surface area (Å²) in [6.07, 6.45) is 5.09. The molecule has 0 saturated carbocycles. The van der Waals surface area contributed by atoms with Crippen molar-refractivity contribution in [2.24, 2.45) is 17.8 Å². The van der Waals surface area contributed by atoms with E-state index in [0.29, 0.717) is 63.5 Å². The lowest BCUT2D eigenvalue weighted by molar-refractivity contribution is -0.162. The quantitative estimate of drug-likeness (QED) is 0.271. The lowest BCUT2D eigenvalue weighted by Crippen LogP contribution is -2.64. The van der Waals surface area contributed by atoms with Crippen LogP contribution in [0.15, 0.2) is 24.3 Å². The fraction of sp³-hybridized carbons (Fsp3) is 0.730. The van der Waals surface area contributed by atoms with E-state index >= 15 is 0 Å². The summed E-state index contributed by atoms with van der Waals surface area (Å²) in [6, 6.07) is 7.92. The van der Waals surface area contributed by atoms with Crippen molar-refractivity contribution in [3.8, 4) is 5.75 Å². The standard InChI is InChI=1S/C37H59N5O5/c1-8-47-33-13-11-28(12-14-33)15-17-40-32(20-27(6)7)24-42(37(46)36(40)45)31(19-26(4)5)22-39-16-9-10-29(39)23-41-30(18-25(2)3)21-38-34(43)35(41)44/h11-14,25-27,29-32H,8-10,15-24H2,1-7H3,(H,38,43)/t29-,30-,31-,32-/m0/s1. The van der Waals surface area contributed by atoms with Gasteiger partial charge in [0.1, 0.15) is 5.75 Å². The van der Waals surface area contributed by atoms with Gasteiger partial charge < -0.3 is 24.8 Å². The van der Waals surface area contributed by atoms with E-state index in [1.165, 1.54) is 0 Å². The van der Waals surface area contributed by atoms with Crippen LogP contribution in [0.25, 0.3) is 0 Å². The Balaban J connectivity index is 1.49. The van der Waals surface area contributed by atoms with Crippen molar-refractivity contribution in [3.63, 3.8) is 0 Å². The number of piperazine rings is 2. The highest BCUT2D eigenvalue weighted by Gasteiger charge is 2.44. The Kier molecular flexibility index (Phi) is 13.1. The average molecular weight is 654 g/mol. The smallest absolute Gasteiger partial charge is 0.312 e. The molecule has 10 heteroatoms. The third-order valence-electron chi connectivity index (χ3n) is 9.85. The zero-order chi connectivity index (χ0) is 34.2. The second-order valence-corrected chi connectivity index (χ2v) is 15.1. The van der Waals surface area contributed by atoms with Crippen LogP contribution in [0.3, 0.4) is 0 Å². The Hall–Kier alpha value is -3.14. The summed E-state index contributed by atoms with van der Waals surface area (Å²) < 4.78 is 5.58. The molecule has 0 radical (unpaired) electrons. The van der Waals surface area contributed by atoms with E-state index in [1.54, 1.807) is 4.90 Å². The zero-order valence-corrected chi connectivity index (χ0v) is 29.9. The van der Waals surface area contributed by atoms with Gasteiger partial charge in [0.15, 0.2) is 0 Å². The fourth-order valence-corrected chi connectivity index (χ4v) is 7.70. The minimum atomic E-state index is -0.520. The summed E-state index contributed by atoms with van der Waals surface area (Å²) in [4.78, 5) is 61.1. The van der Waals surface area contributed by atoms with Crippen molar-refractivity contribution in [1.29, 1.82) is 0 Å². The molecule has 3 saturated heterocycles. The molecule has 1 aromatic carbocycles. The number of nitrogens with one attached hydrogen (secondary N) is 1. The number of carbonyl (C=O) groups excluding carboxylic acids is 4. The largest absolute Gasteiger partial charge is 0.494 e. The number of carbonyl (C=O) groups is 4. The molecule has 262 valence electrons. The summed E-state index contributed by atoms with van der Waals surface area (Å²) in [6.45, 7) is 19.1. The topological polar surface area (TPSA) is 102 Å². The van der Waals surface area contributed by atoms with Crippen LogP contribution in [0.2, 0.25) is 0 Å². The van der Waals surface area contributed by atoms with Gasteiger partial charge in [-0.1, -0.05) is 53.7 Å². The van der Waals surface area contributed by atoms with E-state index in [2.05, 4.69) is 51.8 Å². The molecule has 0 bridgehead atoms. The van der Waals surface area contributed by atoms with Gasteiger partial charge >= 0.3 is 23.6 Å². The summed E-state index contributed by atoms with van der Waals surface area (Å²) in [5.74, 6) is 0.183. The normalized spacial score (nSPS) is 23.4. The molecule has 1 aromatic rings. The predicted molar refractivity (Wildman–Crippen MR) is 184 cm³/mol.